The first-order valence-corrected chi connectivity index (χ1v) is 11.7. The molecule has 3 aromatic carbocycles. The highest BCUT2D eigenvalue weighted by Gasteiger charge is 2.27. The van der Waals surface area contributed by atoms with Crippen LogP contribution in [0.2, 0.25) is 0 Å². The molecule has 1 heterocycles. The molecule has 3 aromatic rings. The molecule has 8 nitrogen and oxygen atoms in total. The quantitative estimate of drug-likeness (QED) is 0.519. The van der Waals surface area contributed by atoms with E-state index in [-0.39, 0.29) is 31.3 Å². The summed E-state index contributed by atoms with van der Waals surface area (Å²) in [6.07, 6.45) is 0. The molecular weight excluding hydrogens is 444 g/mol. The predicted molar refractivity (Wildman–Crippen MR) is 121 cm³/mol. The molecule has 1 N–H and O–H groups in total. The number of fused-ring (bicyclic) bond motifs is 1. The molecule has 0 aliphatic carbocycles. The molecule has 9 heteroatoms. The van der Waals surface area contributed by atoms with Gasteiger partial charge in [0, 0.05) is 13.1 Å². The number of sulfonamides is 1. The normalized spacial score (nSPS) is 12.5. The van der Waals surface area contributed by atoms with Crippen LogP contribution in [0.15, 0.2) is 77.7 Å². The maximum Gasteiger partial charge on any atom is 0.243 e. The Hall–Kier alpha value is -3.56. The van der Waals surface area contributed by atoms with E-state index in [0.717, 1.165) is 11.1 Å². The monoisotopic (exact) mass is 468 g/mol. The van der Waals surface area contributed by atoms with E-state index in [1.165, 1.54) is 23.5 Å². The molecule has 0 unspecified atom stereocenters. The number of nitrogens with zero attached hydrogens (tertiary/aromatic N) is 1. The summed E-state index contributed by atoms with van der Waals surface area (Å²) in [5.41, 5.74) is 1.60. The molecule has 0 saturated carbocycles. The first-order chi connectivity index (χ1) is 16.0. The van der Waals surface area contributed by atoms with Gasteiger partial charge in [0.05, 0.1) is 18.6 Å². The lowest BCUT2D eigenvalue weighted by atomic mass is 10.2. The summed E-state index contributed by atoms with van der Waals surface area (Å²) >= 11 is 0. The van der Waals surface area contributed by atoms with Crippen LogP contribution < -0.4 is 19.5 Å². The van der Waals surface area contributed by atoms with Crippen LogP contribution in [0, 0.1) is 0 Å². The van der Waals surface area contributed by atoms with Gasteiger partial charge in [-0.05, 0) is 47.5 Å². The third-order valence-corrected chi connectivity index (χ3v) is 6.95. The number of hydrogen-bond donors (Lipinski definition) is 1. The van der Waals surface area contributed by atoms with Gasteiger partial charge in [-0.25, -0.2) is 8.42 Å². The SMILES string of the molecule is COc1ccc(S(=O)(=O)N(CC(=O)NCc2ccc3c(c2)OCO3)Cc2ccccc2)cc1. The zero-order valence-electron chi connectivity index (χ0n) is 18.1. The molecule has 0 radical (unpaired) electrons. The van der Waals surface area contributed by atoms with Crippen molar-refractivity contribution < 1.29 is 27.4 Å². The van der Waals surface area contributed by atoms with Crippen molar-refractivity contribution in [2.75, 3.05) is 20.4 Å². The van der Waals surface area contributed by atoms with Crippen molar-refractivity contribution in [3.8, 4) is 17.2 Å². The summed E-state index contributed by atoms with van der Waals surface area (Å²) in [6.45, 7) is 0.139. The Morgan fingerprint density at radius 3 is 2.42 bits per heavy atom. The summed E-state index contributed by atoms with van der Waals surface area (Å²) in [6, 6.07) is 20.6. The summed E-state index contributed by atoms with van der Waals surface area (Å²) in [7, 11) is -2.42. The van der Waals surface area contributed by atoms with Gasteiger partial charge in [-0.15, -0.1) is 0 Å². The minimum atomic E-state index is -3.93. The van der Waals surface area contributed by atoms with Crippen LogP contribution in [-0.2, 0) is 27.9 Å². The first kappa shape index (κ1) is 22.6. The number of carbonyl (C=O) groups is 1. The van der Waals surface area contributed by atoms with Gasteiger partial charge in [-0.3, -0.25) is 4.79 Å². The zero-order valence-corrected chi connectivity index (χ0v) is 18.9. The van der Waals surface area contributed by atoms with Crippen molar-refractivity contribution in [3.63, 3.8) is 0 Å². The maximum absolute atomic E-state index is 13.3. The number of carbonyl (C=O) groups excluding carboxylic acids is 1. The molecule has 0 spiro atoms. The van der Waals surface area contributed by atoms with E-state index in [0.29, 0.717) is 17.2 Å². The number of hydrogen-bond acceptors (Lipinski definition) is 6. The van der Waals surface area contributed by atoms with Gasteiger partial charge in [0.15, 0.2) is 11.5 Å². The lowest BCUT2D eigenvalue weighted by Crippen LogP contribution is -2.40. The summed E-state index contributed by atoms with van der Waals surface area (Å²) in [5.74, 6) is 1.41. The average molecular weight is 469 g/mol. The standard InChI is InChI=1S/C24H24N2O6S/c1-30-20-8-10-21(11-9-20)33(28,29)26(15-18-5-3-2-4-6-18)16-24(27)25-14-19-7-12-22-23(13-19)32-17-31-22/h2-13H,14-17H2,1H3,(H,25,27). The first-order valence-electron chi connectivity index (χ1n) is 10.3. The van der Waals surface area contributed by atoms with Gasteiger partial charge in [0.25, 0.3) is 0 Å². The van der Waals surface area contributed by atoms with Gasteiger partial charge in [-0.2, -0.15) is 4.31 Å². The van der Waals surface area contributed by atoms with Gasteiger partial charge in [0.2, 0.25) is 22.7 Å². The summed E-state index contributed by atoms with van der Waals surface area (Å²) < 4.78 is 43.6. The minimum Gasteiger partial charge on any atom is -0.497 e. The lowest BCUT2D eigenvalue weighted by Gasteiger charge is -2.22. The van der Waals surface area contributed by atoms with E-state index in [4.69, 9.17) is 14.2 Å². The van der Waals surface area contributed by atoms with Gasteiger partial charge >= 0.3 is 0 Å². The van der Waals surface area contributed by atoms with Crippen molar-refractivity contribution in [1.29, 1.82) is 0 Å². The lowest BCUT2D eigenvalue weighted by molar-refractivity contribution is -0.121. The number of benzene rings is 3. The molecule has 0 saturated heterocycles. The predicted octanol–water partition coefficient (Wildman–Crippen LogP) is 2.93. The van der Waals surface area contributed by atoms with Crippen LogP contribution in [0.4, 0.5) is 0 Å². The molecule has 33 heavy (non-hydrogen) atoms. The van der Waals surface area contributed by atoms with Crippen LogP contribution in [0.25, 0.3) is 0 Å². The molecule has 0 bridgehead atoms. The van der Waals surface area contributed by atoms with Crippen LogP contribution in [0.3, 0.4) is 0 Å². The van der Waals surface area contributed by atoms with E-state index in [2.05, 4.69) is 5.32 Å². The molecule has 1 aliphatic rings. The number of nitrogens with one attached hydrogen (secondary N) is 1. The zero-order chi connectivity index (χ0) is 23.3. The fourth-order valence-electron chi connectivity index (χ4n) is 3.38. The minimum absolute atomic E-state index is 0.0621. The highest BCUT2D eigenvalue weighted by Crippen LogP contribution is 2.32. The Morgan fingerprint density at radius 2 is 1.70 bits per heavy atom. The fraction of sp³-hybridized carbons (Fsp3) is 0.208. The number of ether oxygens (including phenoxy) is 3. The second kappa shape index (κ2) is 9.93. The number of rotatable bonds is 9. The smallest absolute Gasteiger partial charge is 0.243 e. The molecule has 0 atom stereocenters. The molecule has 4 rings (SSSR count). The molecule has 1 amide bonds. The van der Waals surface area contributed by atoms with Crippen molar-refractivity contribution in [2.45, 2.75) is 18.0 Å². The second-order valence-corrected chi connectivity index (χ2v) is 9.34. The van der Waals surface area contributed by atoms with Crippen LogP contribution in [0.1, 0.15) is 11.1 Å². The third-order valence-electron chi connectivity index (χ3n) is 5.15. The maximum atomic E-state index is 13.3. The van der Waals surface area contributed by atoms with Gasteiger partial charge in [0.1, 0.15) is 5.75 Å². The van der Waals surface area contributed by atoms with Crippen molar-refractivity contribution in [2.24, 2.45) is 0 Å². The van der Waals surface area contributed by atoms with E-state index in [1.807, 2.05) is 36.4 Å². The van der Waals surface area contributed by atoms with Crippen LogP contribution in [0.5, 0.6) is 17.2 Å². The van der Waals surface area contributed by atoms with E-state index >= 15 is 0 Å². The second-order valence-electron chi connectivity index (χ2n) is 7.40. The molecule has 0 aromatic heterocycles. The Morgan fingerprint density at radius 1 is 0.970 bits per heavy atom. The van der Waals surface area contributed by atoms with Gasteiger partial charge < -0.3 is 19.5 Å². The molecule has 0 fully saturated rings. The highest BCUT2D eigenvalue weighted by molar-refractivity contribution is 7.89. The number of amides is 1. The molecular formula is C24H24N2O6S. The average Bonchev–Trinajstić information content (AvgIpc) is 3.31. The Bertz CT molecular complexity index is 1210. The van der Waals surface area contributed by atoms with Crippen molar-refractivity contribution in [1.82, 2.24) is 9.62 Å². The van der Waals surface area contributed by atoms with E-state index in [1.54, 1.807) is 24.3 Å². The van der Waals surface area contributed by atoms with Gasteiger partial charge in [-0.1, -0.05) is 36.4 Å². The van der Waals surface area contributed by atoms with Crippen LogP contribution >= 0.6 is 0 Å². The summed E-state index contributed by atoms with van der Waals surface area (Å²) in [5, 5.41) is 2.79. The van der Waals surface area contributed by atoms with Crippen molar-refractivity contribution >= 4 is 15.9 Å². The largest absolute Gasteiger partial charge is 0.497 e. The summed E-state index contributed by atoms with van der Waals surface area (Å²) in [4.78, 5) is 12.8. The van der Waals surface area contributed by atoms with E-state index in [9.17, 15) is 13.2 Å². The Labute approximate surface area is 192 Å². The third kappa shape index (κ3) is 5.44. The van der Waals surface area contributed by atoms with Crippen LogP contribution in [-0.4, -0.2) is 39.1 Å². The highest BCUT2D eigenvalue weighted by atomic mass is 32.2. The topological polar surface area (TPSA) is 94.2 Å². The molecule has 1 aliphatic heterocycles. The Kier molecular flexibility index (Phi) is 6.81. The fourth-order valence-corrected chi connectivity index (χ4v) is 4.76. The van der Waals surface area contributed by atoms with E-state index < -0.39 is 15.9 Å². The van der Waals surface area contributed by atoms with Crippen molar-refractivity contribution in [3.05, 3.63) is 83.9 Å². The molecule has 172 valence electrons. The Balaban J connectivity index is 1.49. The number of methoxy groups -OCH3 is 1.